The average Bonchev–Trinajstić information content (AvgIpc) is 2.70. The summed E-state index contributed by atoms with van der Waals surface area (Å²) in [7, 11) is 0. The smallest absolute Gasteiger partial charge is 0.122 e. The van der Waals surface area contributed by atoms with Crippen molar-refractivity contribution in [2.75, 3.05) is 26.2 Å². The number of aryl methyl sites for hydroxylation is 1. The van der Waals surface area contributed by atoms with E-state index >= 15 is 0 Å². The van der Waals surface area contributed by atoms with E-state index in [9.17, 15) is 0 Å². The lowest BCUT2D eigenvalue weighted by Crippen LogP contribution is -2.29. The molecule has 19 heavy (non-hydrogen) atoms. The summed E-state index contributed by atoms with van der Waals surface area (Å²) in [5.74, 6) is 1.08. The Kier molecular flexibility index (Phi) is 6.22. The fourth-order valence-electron chi connectivity index (χ4n) is 2.76. The van der Waals surface area contributed by atoms with Crippen molar-refractivity contribution in [1.29, 1.82) is 0 Å². The van der Waals surface area contributed by atoms with E-state index in [1.165, 1.54) is 50.8 Å². The maximum absolute atomic E-state index is 5.99. The molecule has 1 aromatic rings. The highest BCUT2D eigenvalue weighted by molar-refractivity contribution is 5.33. The van der Waals surface area contributed by atoms with Crippen molar-refractivity contribution in [3.63, 3.8) is 0 Å². The van der Waals surface area contributed by atoms with E-state index in [0.29, 0.717) is 0 Å². The lowest BCUT2D eigenvalue weighted by molar-refractivity contribution is 0.213. The maximum Gasteiger partial charge on any atom is 0.122 e. The normalized spacial score (nSPS) is 17.1. The molecule has 106 valence electrons. The minimum absolute atomic E-state index is 0.820. The number of ether oxygens (including phenoxy) is 1. The Hall–Kier alpha value is -1.02. The molecule has 0 aliphatic carbocycles. The Bertz CT molecular complexity index is 356. The van der Waals surface area contributed by atoms with Gasteiger partial charge in [0.05, 0.1) is 0 Å². The third kappa shape index (κ3) is 4.87. The van der Waals surface area contributed by atoms with Crippen molar-refractivity contribution < 1.29 is 4.74 Å². The Morgan fingerprint density at radius 3 is 2.53 bits per heavy atom. The van der Waals surface area contributed by atoms with Gasteiger partial charge in [-0.1, -0.05) is 44.4 Å². The van der Waals surface area contributed by atoms with Gasteiger partial charge in [-0.25, -0.2) is 0 Å². The van der Waals surface area contributed by atoms with E-state index in [4.69, 9.17) is 4.74 Å². The number of rotatable bonds is 6. The molecule has 0 unspecified atom stereocenters. The molecule has 1 aliphatic rings. The molecule has 1 aliphatic heterocycles. The highest BCUT2D eigenvalue weighted by Gasteiger charge is 2.09. The van der Waals surface area contributed by atoms with Gasteiger partial charge in [0, 0.05) is 6.54 Å². The van der Waals surface area contributed by atoms with Crippen LogP contribution < -0.4 is 4.74 Å². The Labute approximate surface area is 117 Å². The summed E-state index contributed by atoms with van der Waals surface area (Å²) in [6.45, 7) is 6.61. The molecule has 2 heteroatoms. The second-order valence-corrected chi connectivity index (χ2v) is 5.46. The summed E-state index contributed by atoms with van der Waals surface area (Å²) in [5.41, 5.74) is 1.35. The lowest BCUT2D eigenvalue weighted by atomic mass is 10.1. The van der Waals surface area contributed by atoms with Crippen LogP contribution in [0.4, 0.5) is 0 Å². The van der Waals surface area contributed by atoms with Gasteiger partial charge >= 0.3 is 0 Å². The monoisotopic (exact) mass is 261 g/mol. The number of para-hydroxylation sites is 1. The zero-order valence-corrected chi connectivity index (χ0v) is 12.2. The third-order valence-electron chi connectivity index (χ3n) is 3.86. The number of likely N-dealkylation sites (tertiary alicyclic amines) is 1. The first kappa shape index (κ1) is 14.4. The van der Waals surface area contributed by atoms with E-state index in [0.717, 1.165) is 25.3 Å². The van der Waals surface area contributed by atoms with Crippen LogP contribution in [0, 0.1) is 0 Å². The standard InChI is InChI=1S/C17H27NO/c1-2-9-16-10-5-6-11-17(16)19-15-14-18-12-7-3-4-8-13-18/h5-6,10-11H,2-4,7-9,12-15H2,1H3. The molecule has 0 atom stereocenters. The maximum atomic E-state index is 5.99. The first-order valence-electron chi connectivity index (χ1n) is 7.83. The lowest BCUT2D eigenvalue weighted by Gasteiger charge is -2.20. The molecule has 0 bridgehead atoms. The summed E-state index contributed by atoms with van der Waals surface area (Å²) in [6.07, 6.45) is 7.79. The Morgan fingerprint density at radius 1 is 1.05 bits per heavy atom. The summed E-state index contributed by atoms with van der Waals surface area (Å²) < 4.78 is 5.99. The Morgan fingerprint density at radius 2 is 1.79 bits per heavy atom. The number of benzene rings is 1. The molecular formula is C17H27NO. The first-order valence-corrected chi connectivity index (χ1v) is 7.83. The number of nitrogens with zero attached hydrogens (tertiary/aromatic N) is 1. The average molecular weight is 261 g/mol. The molecular weight excluding hydrogens is 234 g/mol. The fraction of sp³-hybridized carbons (Fsp3) is 0.647. The molecule has 0 amide bonds. The molecule has 0 N–H and O–H groups in total. The van der Waals surface area contributed by atoms with Gasteiger partial charge in [0.1, 0.15) is 12.4 Å². The molecule has 0 radical (unpaired) electrons. The molecule has 1 saturated heterocycles. The molecule has 0 saturated carbocycles. The van der Waals surface area contributed by atoms with E-state index in [-0.39, 0.29) is 0 Å². The van der Waals surface area contributed by atoms with Gasteiger partial charge in [-0.2, -0.15) is 0 Å². The van der Waals surface area contributed by atoms with Gasteiger partial charge in [-0.05, 0) is 44.0 Å². The van der Waals surface area contributed by atoms with Crippen molar-refractivity contribution in [3.05, 3.63) is 29.8 Å². The minimum atomic E-state index is 0.820. The molecule has 0 aromatic heterocycles. The first-order chi connectivity index (χ1) is 9.40. The van der Waals surface area contributed by atoms with Crippen LogP contribution in [0.15, 0.2) is 24.3 Å². The zero-order valence-electron chi connectivity index (χ0n) is 12.2. The van der Waals surface area contributed by atoms with Crippen LogP contribution >= 0.6 is 0 Å². The number of hydrogen-bond acceptors (Lipinski definition) is 2. The summed E-state index contributed by atoms with van der Waals surface area (Å²) in [6, 6.07) is 8.46. The molecule has 2 nitrogen and oxygen atoms in total. The summed E-state index contributed by atoms with van der Waals surface area (Å²) in [4.78, 5) is 2.55. The Balaban J connectivity index is 1.78. The second-order valence-electron chi connectivity index (χ2n) is 5.46. The van der Waals surface area contributed by atoms with Crippen molar-refractivity contribution in [1.82, 2.24) is 4.90 Å². The van der Waals surface area contributed by atoms with Crippen LogP contribution in [0.2, 0.25) is 0 Å². The molecule has 0 spiro atoms. The van der Waals surface area contributed by atoms with E-state index < -0.39 is 0 Å². The molecule has 2 rings (SSSR count). The highest BCUT2D eigenvalue weighted by Crippen LogP contribution is 2.19. The van der Waals surface area contributed by atoms with E-state index in [1.807, 2.05) is 0 Å². The van der Waals surface area contributed by atoms with Gasteiger partial charge < -0.3 is 4.74 Å². The predicted octanol–water partition coefficient (Wildman–Crippen LogP) is 3.89. The van der Waals surface area contributed by atoms with E-state index in [1.54, 1.807) is 0 Å². The predicted molar refractivity (Wildman–Crippen MR) is 80.8 cm³/mol. The van der Waals surface area contributed by atoms with Crippen molar-refractivity contribution in [2.24, 2.45) is 0 Å². The molecule has 1 fully saturated rings. The van der Waals surface area contributed by atoms with Gasteiger partial charge in [0.15, 0.2) is 0 Å². The topological polar surface area (TPSA) is 12.5 Å². The zero-order chi connectivity index (χ0) is 13.3. The van der Waals surface area contributed by atoms with Crippen molar-refractivity contribution >= 4 is 0 Å². The summed E-state index contributed by atoms with van der Waals surface area (Å²) in [5, 5.41) is 0. The van der Waals surface area contributed by atoms with Crippen LogP contribution in [-0.2, 0) is 6.42 Å². The van der Waals surface area contributed by atoms with Crippen LogP contribution in [0.3, 0.4) is 0 Å². The summed E-state index contributed by atoms with van der Waals surface area (Å²) >= 11 is 0. The molecule has 1 heterocycles. The van der Waals surface area contributed by atoms with Gasteiger partial charge in [0.2, 0.25) is 0 Å². The quantitative estimate of drug-likeness (QED) is 0.770. The van der Waals surface area contributed by atoms with E-state index in [2.05, 4.69) is 36.1 Å². The van der Waals surface area contributed by atoms with Crippen LogP contribution in [0.1, 0.15) is 44.6 Å². The fourth-order valence-corrected chi connectivity index (χ4v) is 2.76. The van der Waals surface area contributed by atoms with Gasteiger partial charge in [-0.3, -0.25) is 4.90 Å². The van der Waals surface area contributed by atoms with Crippen molar-refractivity contribution in [3.8, 4) is 5.75 Å². The minimum Gasteiger partial charge on any atom is -0.492 e. The second kappa shape index (κ2) is 8.21. The SMILES string of the molecule is CCCc1ccccc1OCCN1CCCCCC1. The van der Waals surface area contributed by atoms with Crippen LogP contribution in [-0.4, -0.2) is 31.1 Å². The van der Waals surface area contributed by atoms with Crippen LogP contribution in [0.25, 0.3) is 0 Å². The van der Waals surface area contributed by atoms with Crippen molar-refractivity contribution in [2.45, 2.75) is 45.4 Å². The third-order valence-corrected chi connectivity index (χ3v) is 3.86. The molecule has 1 aromatic carbocycles. The highest BCUT2D eigenvalue weighted by atomic mass is 16.5. The largest absolute Gasteiger partial charge is 0.492 e. The van der Waals surface area contributed by atoms with Gasteiger partial charge in [-0.15, -0.1) is 0 Å². The van der Waals surface area contributed by atoms with Gasteiger partial charge in [0.25, 0.3) is 0 Å². The van der Waals surface area contributed by atoms with Crippen LogP contribution in [0.5, 0.6) is 5.75 Å². The number of hydrogen-bond donors (Lipinski definition) is 0.